The average Bonchev–Trinajstić information content (AvgIpc) is 3.08. The molecule has 0 radical (unpaired) electrons. The minimum absolute atomic E-state index is 0.442. The first kappa shape index (κ1) is 21.2. The van der Waals surface area contributed by atoms with Crippen LogP contribution < -0.4 is 5.73 Å². The third kappa shape index (κ3) is 8.54. The minimum Gasteiger partial charge on any atom is -0.374 e. The van der Waals surface area contributed by atoms with Crippen LogP contribution in [0.1, 0.15) is 88.4 Å². The quantitative estimate of drug-likeness (QED) is 0.272. The van der Waals surface area contributed by atoms with Gasteiger partial charge in [0.2, 0.25) is 5.13 Å². The molecule has 2 rings (SSSR count). The van der Waals surface area contributed by atoms with Gasteiger partial charge in [-0.1, -0.05) is 125 Å². The van der Waals surface area contributed by atoms with E-state index in [1.54, 1.807) is 0 Å². The van der Waals surface area contributed by atoms with Crippen molar-refractivity contribution >= 4 is 28.2 Å². The molecule has 3 nitrogen and oxygen atoms in total. The van der Waals surface area contributed by atoms with E-state index in [9.17, 15) is 0 Å². The lowest BCUT2D eigenvalue weighted by molar-refractivity contribution is 0.548. The summed E-state index contributed by atoms with van der Waals surface area (Å²) in [7, 11) is 0. The summed E-state index contributed by atoms with van der Waals surface area (Å²) < 4.78 is 0.975. The van der Waals surface area contributed by atoms with Crippen LogP contribution in [0.4, 0.5) is 5.13 Å². The average molecular weight is 392 g/mol. The van der Waals surface area contributed by atoms with Crippen LogP contribution >= 0.6 is 23.1 Å². The molecule has 5 heteroatoms. The van der Waals surface area contributed by atoms with Crippen LogP contribution in [0.3, 0.4) is 0 Å². The van der Waals surface area contributed by atoms with Gasteiger partial charge in [-0.2, -0.15) is 0 Å². The Kier molecular flexibility index (Phi) is 10.7. The number of rotatable bonds is 14. The molecule has 2 aromatic rings. The summed E-state index contributed by atoms with van der Waals surface area (Å²) in [5, 5.41) is 9.13. The predicted octanol–water partition coefficient (Wildman–Crippen LogP) is 7.26. The summed E-state index contributed by atoms with van der Waals surface area (Å²) in [6.07, 6.45) is 15.0. The zero-order valence-electron chi connectivity index (χ0n) is 16.0. The number of nitrogen functional groups attached to an aromatic ring is 1. The third-order valence-electron chi connectivity index (χ3n) is 4.66. The highest BCUT2D eigenvalue weighted by molar-refractivity contribution is 8.01. The molecule has 26 heavy (non-hydrogen) atoms. The maximum Gasteiger partial charge on any atom is 0.203 e. The van der Waals surface area contributed by atoms with Crippen molar-refractivity contribution in [2.45, 2.75) is 87.1 Å². The minimum atomic E-state index is 0.442. The first-order valence-electron chi connectivity index (χ1n) is 10.1. The van der Waals surface area contributed by atoms with Crippen LogP contribution in [0.2, 0.25) is 0 Å². The van der Waals surface area contributed by atoms with Gasteiger partial charge in [0.25, 0.3) is 0 Å². The smallest absolute Gasteiger partial charge is 0.203 e. The summed E-state index contributed by atoms with van der Waals surface area (Å²) in [6, 6.07) is 10.8. The molecule has 0 amide bonds. The van der Waals surface area contributed by atoms with Gasteiger partial charge in [0.1, 0.15) is 0 Å². The van der Waals surface area contributed by atoms with Gasteiger partial charge in [-0.05, 0) is 12.0 Å². The second-order valence-corrected chi connectivity index (χ2v) is 9.35. The number of thioether (sulfide) groups is 1. The molecule has 1 heterocycles. The summed E-state index contributed by atoms with van der Waals surface area (Å²) in [6.45, 7) is 2.28. The Bertz CT molecular complexity index is 586. The van der Waals surface area contributed by atoms with Gasteiger partial charge in [-0.25, -0.2) is 0 Å². The van der Waals surface area contributed by atoms with Gasteiger partial charge in [0.05, 0.1) is 0 Å². The normalized spacial score (nSPS) is 12.3. The molecule has 1 aromatic carbocycles. The number of benzene rings is 1. The largest absolute Gasteiger partial charge is 0.374 e. The Labute approximate surface area is 167 Å². The Morgan fingerprint density at radius 3 is 2.08 bits per heavy atom. The molecular formula is C21H33N3S2. The van der Waals surface area contributed by atoms with E-state index in [0.717, 1.165) is 4.34 Å². The van der Waals surface area contributed by atoms with Crippen molar-refractivity contribution < 1.29 is 0 Å². The molecule has 0 saturated heterocycles. The number of anilines is 1. The molecule has 0 bridgehead atoms. The fourth-order valence-corrected chi connectivity index (χ4v) is 5.22. The Morgan fingerprint density at radius 2 is 1.50 bits per heavy atom. The standard InChI is InChI=1S/C21H33N3S2/c1-2-3-4-5-6-7-8-9-10-14-17-19(18-15-12-11-13-16-18)25-21-24-23-20(22)26-21/h11-13,15-16,19H,2-10,14,17H2,1H3,(H2,22,23). The Morgan fingerprint density at radius 1 is 0.885 bits per heavy atom. The van der Waals surface area contributed by atoms with Crippen molar-refractivity contribution in [2.24, 2.45) is 0 Å². The van der Waals surface area contributed by atoms with Crippen molar-refractivity contribution in [1.82, 2.24) is 10.2 Å². The molecule has 0 fully saturated rings. The van der Waals surface area contributed by atoms with E-state index < -0.39 is 0 Å². The highest BCUT2D eigenvalue weighted by Gasteiger charge is 2.15. The lowest BCUT2D eigenvalue weighted by atomic mass is 10.0. The van der Waals surface area contributed by atoms with E-state index in [2.05, 4.69) is 47.5 Å². The van der Waals surface area contributed by atoms with Gasteiger partial charge in [-0.15, -0.1) is 10.2 Å². The van der Waals surface area contributed by atoms with Crippen molar-refractivity contribution in [3.05, 3.63) is 35.9 Å². The lowest BCUT2D eigenvalue weighted by Crippen LogP contribution is -1.95. The van der Waals surface area contributed by atoms with Crippen LogP contribution in [0.15, 0.2) is 34.7 Å². The van der Waals surface area contributed by atoms with Crippen LogP contribution in [0, 0.1) is 0 Å². The fourth-order valence-electron chi connectivity index (χ4n) is 3.17. The summed E-state index contributed by atoms with van der Waals surface area (Å²) in [5.41, 5.74) is 7.11. The van der Waals surface area contributed by atoms with Crippen LogP contribution in [-0.4, -0.2) is 10.2 Å². The second kappa shape index (κ2) is 13.2. The lowest BCUT2D eigenvalue weighted by Gasteiger charge is -2.15. The molecule has 0 saturated carbocycles. The van der Waals surface area contributed by atoms with E-state index in [1.807, 2.05) is 11.8 Å². The van der Waals surface area contributed by atoms with E-state index in [-0.39, 0.29) is 0 Å². The van der Waals surface area contributed by atoms with Crippen LogP contribution in [-0.2, 0) is 0 Å². The van der Waals surface area contributed by atoms with Gasteiger partial charge in [-0.3, -0.25) is 0 Å². The molecule has 0 aliphatic rings. The first-order chi connectivity index (χ1) is 12.8. The SMILES string of the molecule is CCCCCCCCCCCCC(Sc1nnc(N)s1)c1ccccc1. The second-order valence-electron chi connectivity index (χ2n) is 6.89. The van der Waals surface area contributed by atoms with Gasteiger partial charge < -0.3 is 5.73 Å². The third-order valence-corrected chi connectivity index (χ3v) is 6.82. The van der Waals surface area contributed by atoms with E-state index >= 15 is 0 Å². The van der Waals surface area contributed by atoms with Gasteiger partial charge >= 0.3 is 0 Å². The highest BCUT2D eigenvalue weighted by Crippen LogP contribution is 2.40. The molecule has 0 spiro atoms. The van der Waals surface area contributed by atoms with Gasteiger partial charge in [0, 0.05) is 5.25 Å². The number of aromatic nitrogens is 2. The molecule has 1 aromatic heterocycles. The number of nitrogens with zero attached hydrogens (tertiary/aromatic N) is 2. The predicted molar refractivity (Wildman–Crippen MR) is 116 cm³/mol. The van der Waals surface area contributed by atoms with Crippen molar-refractivity contribution in [3.63, 3.8) is 0 Å². The first-order valence-corrected chi connectivity index (χ1v) is 11.8. The summed E-state index contributed by atoms with van der Waals surface area (Å²) in [5.74, 6) is 0. The number of hydrogen-bond donors (Lipinski definition) is 1. The maximum absolute atomic E-state index is 5.73. The Hall–Kier alpha value is -1.07. The molecule has 0 aliphatic carbocycles. The molecule has 0 aliphatic heterocycles. The number of nitrogens with two attached hydrogens (primary N) is 1. The molecule has 144 valence electrons. The highest BCUT2D eigenvalue weighted by atomic mass is 32.2. The zero-order valence-corrected chi connectivity index (χ0v) is 17.7. The molecule has 1 unspecified atom stereocenters. The van der Waals surface area contributed by atoms with Crippen LogP contribution in [0.25, 0.3) is 0 Å². The van der Waals surface area contributed by atoms with E-state index in [0.29, 0.717) is 10.4 Å². The van der Waals surface area contributed by atoms with Crippen LogP contribution in [0.5, 0.6) is 0 Å². The zero-order chi connectivity index (χ0) is 18.5. The van der Waals surface area contributed by atoms with Crippen molar-refractivity contribution in [1.29, 1.82) is 0 Å². The molecule has 2 N–H and O–H groups in total. The molecular weight excluding hydrogens is 358 g/mol. The Balaban J connectivity index is 1.67. The number of hydrogen-bond acceptors (Lipinski definition) is 5. The van der Waals surface area contributed by atoms with E-state index in [1.165, 1.54) is 87.5 Å². The van der Waals surface area contributed by atoms with E-state index in [4.69, 9.17) is 5.73 Å². The molecule has 1 atom stereocenters. The fraction of sp³-hybridized carbons (Fsp3) is 0.619. The van der Waals surface area contributed by atoms with Crippen molar-refractivity contribution in [2.75, 3.05) is 5.73 Å². The van der Waals surface area contributed by atoms with Gasteiger partial charge in [0.15, 0.2) is 4.34 Å². The topological polar surface area (TPSA) is 51.8 Å². The number of unbranched alkanes of at least 4 members (excludes halogenated alkanes) is 9. The summed E-state index contributed by atoms with van der Waals surface area (Å²) >= 11 is 3.29. The van der Waals surface area contributed by atoms with Crippen molar-refractivity contribution in [3.8, 4) is 0 Å². The monoisotopic (exact) mass is 391 g/mol. The summed E-state index contributed by atoms with van der Waals surface area (Å²) in [4.78, 5) is 0. The maximum atomic E-state index is 5.73.